The Balaban J connectivity index is 2.02. The minimum Gasteiger partial charge on any atom is -0.319 e. The maximum Gasteiger partial charge on any atom is 0.274 e. The third-order valence-electron chi connectivity index (χ3n) is 4.14. The Morgan fingerprint density at radius 2 is 1.84 bits per heavy atom. The molecule has 32 heavy (non-hydrogen) atoms. The highest BCUT2D eigenvalue weighted by molar-refractivity contribution is 9.11. The Bertz CT molecular complexity index is 1230. The number of nitrogens with zero attached hydrogens (tertiary/aromatic N) is 3. The van der Waals surface area contributed by atoms with Crippen LogP contribution in [0.3, 0.4) is 0 Å². The quantitative estimate of drug-likeness (QED) is 0.381. The van der Waals surface area contributed by atoms with Crippen LogP contribution in [-0.4, -0.2) is 39.3 Å². The van der Waals surface area contributed by atoms with Gasteiger partial charge in [0.05, 0.1) is 16.3 Å². The van der Waals surface area contributed by atoms with Crippen LogP contribution in [0, 0.1) is 0 Å². The molecule has 2 N–H and O–H groups in total. The highest BCUT2D eigenvalue weighted by Crippen LogP contribution is 2.32. The average Bonchev–Trinajstić information content (AvgIpc) is 3.10. The van der Waals surface area contributed by atoms with E-state index in [1.54, 1.807) is 47.3 Å². The Morgan fingerprint density at radius 1 is 1.12 bits per heavy atom. The second-order valence-corrected chi connectivity index (χ2v) is 9.61. The number of nitrogens with one attached hydrogen (secondary N) is 2. The van der Waals surface area contributed by atoms with Crippen LogP contribution in [0.4, 0.5) is 5.69 Å². The molecule has 0 unspecified atom stereocenters. The number of pyridine rings is 1. The van der Waals surface area contributed by atoms with E-state index in [-0.39, 0.29) is 16.9 Å². The van der Waals surface area contributed by atoms with Crippen molar-refractivity contribution in [3.63, 3.8) is 0 Å². The summed E-state index contributed by atoms with van der Waals surface area (Å²) in [5.74, 6) is -1.06. The molecule has 2 heterocycles. The van der Waals surface area contributed by atoms with Gasteiger partial charge in [0.15, 0.2) is 5.82 Å². The Morgan fingerprint density at radius 3 is 2.50 bits per heavy atom. The Hall–Kier alpha value is -2.21. The maximum absolute atomic E-state index is 13.2. The first kappa shape index (κ1) is 24.4. The molecular formula is C20H15Br3ClN5O3. The van der Waals surface area contributed by atoms with Crippen molar-refractivity contribution < 1.29 is 14.4 Å². The van der Waals surface area contributed by atoms with E-state index in [0.29, 0.717) is 24.3 Å². The highest BCUT2D eigenvalue weighted by Gasteiger charge is 2.24. The van der Waals surface area contributed by atoms with Gasteiger partial charge in [-0.1, -0.05) is 27.5 Å². The number of halogens is 4. The van der Waals surface area contributed by atoms with Gasteiger partial charge < -0.3 is 5.32 Å². The van der Waals surface area contributed by atoms with E-state index < -0.39 is 17.7 Å². The van der Waals surface area contributed by atoms with Crippen LogP contribution in [0.2, 0.25) is 5.02 Å². The smallest absolute Gasteiger partial charge is 0.274 e. The molecule has 12 heteroatoms. The number of carbonyl (C=O) groups excluding carboxylic acids is 3. The van der Waals surface area contributed by atoms with Crippen molar-refractivity contribution in [1.82, 2.24) is 20.0 Å². The minimum atomic E-state index is -0.526. The fourth-order valence-electron chi connectivity index (χ4n) is 2.85. The van der Waals surface area contributed by atoms with Crippen molar-refractivity contribution in [3.05, 3.63) is 72.4 Å². The molecule has 0 radical (unpaired) electrons. The highest BCUT2D eigenvalue weighted by atomic mass is 79.9. The number of aromatic nitrogens is 2. The number of hydrazine groups is 1. The molecule has 1 aromatic carbocycles. The summed E-state index contributed by atoms with van der Waals surface area (Å²) in [6, 6.07) is 8.20. The third kappa shape index (κ3) is 5.40. The minimum absolute atomic E-state index is 0.156. The molecule has 0 bridgehead atoms. The molecule has 166 valence electrons. The molecular weight excluding hydrogens is 633 g/mol. The maximum atomic E-state index is 13.2. The van der Waals surface area contributed by atoms with Crippen molar-refractivity contribution in [2.75, 3.05) is 12.4 Å². The van der Waals surface area contributed by atoms with Gasteiger partial charge in [0.1, 0.15) is 5.69 Å². The molecule has 0 atom stereocenters. The van der Waals surface area contributed by atoms with Crippen LogP contribution in [0.15, 0.2) is 56.1 Å². The van der Waals surface area contributed by atoms with Crippen molar-refractivity contribution in [2.24, 2.45) is 0 Å². The predicted molar refractivity (Wildman–Crippen MR) is 132 cm³/mol. The molecule has 0 saturated heterocycles. The summed E-state index contributed by atoms with van der Waals surface area (Å²) in [7, 11) is 1.41. The average molecular weight is 649 g/mol. The zero-order valence-corrected chi connectivity index (χ0v) is 22.1. The zero-order valence-electron chi connectivity index (χ0n) is 16.6. The molecule has 0 fully saturated rings. The largest absolute Gasteiger partial charge is 0.319 e. The number of hydrogen-bond acceptors (Lipinski definition) is 4. The number of anilines is 1. The molecule has 3 amide bonds. The standard InChI is InChI=1S/C20H15Br3ClN5O3/c1-10(30)27-28(2)20(32)13-6-11(21)7-14(23)17(13)26-19(31)16-8-12(22)9-29(16)18-15(24)4-3-5-25-18/h3-9H,1-2H3,(H,26,31)(H,27,30). The molecule has 2 aromatic heterocycles. The topological polar surface area (TPSA) is 96.3 Å². The lowest BCUT2D eigenvalue weighted by Crippen LogP contribution is -2.42. The van der Waals surface area contributed by atoms with Gasteiger partial charge in [-0.3, -0.25) is 29.4 Å². The molecule has 0 aliphatic carbocycles. The van der Waals surface area contributed by atoms with Gasteiger partial charge in [-0.2, -0.15) is 0 Å². The first-order valence-corrected chi connectivity index (χ1v) is 11.7. The molecule has 3 rings (SSSR count). The van der Waals surface area contributed by atoms with E-state index in [0.717, 1.165) is 5.01 Å². The SMILES string of the molecule is CC(=O)NN(C)C(=O)c1cc(Br)cc(Br)c1NC(=O)c1cc(Br)cn1-c1ncccc1Cl. The fraction of sp³-hybridized carbons (Fsp3) is 0.100. The number of amides is 3. The van der Waals surface area contributed by atoms with E-state index in [1.807, 2.05) is 0 Å². The molecule has 8 nitrogen and oxygen atoms in total. The lowest BCUT2D eigenvalue weighted by Gasteiger charge is -2.20. The van der Waals surface area contributed by atoms with Gasteiger partial charge in [0, 0.05) is 39.8 Å². The first-order valence-electron chi connectivity index (χ1n) is 8.93. The van der Waals surface area contributed by atoms with E-state index in [1.165, 1.54) is 14.0 Å². The summed E-state index contributed by atoms with van der Waals surface area (Å²) in [5, 5.41) is 4.18. The predicted octanol–water partition coefficient (Wildman–Crippen LogP) is 5.19. The van der Waals surface area contributed by atoms with Crippen LogP contribution in [0.1, 0.15) is 27.8 Å². The summed E-state index contributed by atoms with van der Waals surface area (Å²) >= 11 is 16.4. The van der Waals surface area contributed by atoms with E-state index in [9.17, 15) is 14.4 Å². The second-order valence-electron chi connectivity index (χ2n) is 6.52. The van der Waals surface area contributed by atoms with E-state index >= 15 is 0 Å². The lowest BCUT2D eigenvalue weighted by atomic mass is 10.1. The van der Waals surface area contributed by atoms with Crippen molar-refractivity contribution in [2.45, 2.75) is 6.92 Å². The molecule has 0 spiro atoms. The van der Waals surface area contributed by atoms with Crippen molar-refractivity contribution in [1.29, 1.82) is 0 Å². The summed E-state index contributed by atoms with van der Waals surface area (Å²) in [6.07, 6.45) is 3.23. The van der Waals surface area contributed by atoms with Crippen LogP contribution >= 0.6 is 59.4 Å². The molecule has 0 aliphatic heterocycles. The zero-order chi connectivity index (χ0) is 23.6. The van der Waals surface area contributed by atoms with Crippen LogP contribution in [0.25, 0.3) is 5.82 Å². The fourth-order valence-corrected chi connectivity index (χ4v) is 4.81. The second kappa shape index (κ2) is 10.2. The summed E-state index contributed by atoms with van der Waals surface area (Å²) < 4.78 is 3.25. The molecule has 0 saturated carbocycles. The number of rotatable bonds is 4. The molecule has 0 aliphatic rings. The molecule has 3 aromatic rings. The van der Waals surface area contributed by atoms with Gasteiger partial charge in [-0.15, -0.1) is 0 Å². The van der Waals surface area contributed by atoms with Gasteiger partial charge in [0.25, 0.3) is 11.8 Å². The van der Waals surface area contributed by atoms with Gasteiger partial charge in [0.2, 0.25) is 5.91 Å². The van der Waals surface area contributed by atoms with E-state index in [4.69, 9.17) is 11.6 Å². The van der Waals surface area contributed by atoms with Crippen molar-refractivity contribution >= 4 is 82.8 Å². The van der Waals surface area contributed by atoms with Crippen LogP contribution in [0.5, 0.6) is 0 Å². The van der Waals surface area contributed by atoms with Gasteiger partial charge in [-0.25, -0.2) is 4.98 Å². The Kier molecular flexibility index (Phi) is 7.75. The lowest BCUT2D eigenvalue weighted by molar-refractivity contribution is -0.122. The normalized spacial score (nSPS) is 10.6. The number of carbonyl (C=O) groups is 3. The van der Waals surface area contributed by atoms with Crippen LogP contribution in [-0.2, 0) is 4.79 Å². The number of benzene rings is 1. The summed E-state index contributed by atoms with van der Waals surface area (Å²) in [5.41, 5.74) is 3.03. The monoisotopic (exact) mass is 645 g/mol. The first-order chi connectivity index (χ1) is 15.1. The Labute approximate surface area is 213 Å². The van der Waals surface area contributed by atoms with Gasteiger partial charge in [-0.05, 0) is 62.2 Å². The van der Waals surface area contributed by atoms with Crippen LogP contribution < -0.4 is 10.7 Å². The van der Waals surface area contributed by atoms with Gasteiger partial charge >= 0.3 is 0 Å². The summed E-state index contributed by atoms with van der Waals surface area (Å²) in [6.45, 7) is 1.29. The van der Waals surface area contributed by atoms with Crippen molar-refractivity contribution in [3.8, 4) is 5.82 Å². The third-order valence-corrected chi connectivity index (χ3v) is 5.95. The number of hydrogen-bond donors (Lipinski definition) is 2. The summed E-state index contributed by atoms with van der Waals surface area (Å²) in [4.78, 5) is 41.8. The van der Waals surface area contributed by atoms with E-state index in [2.05, 4.69) is 63.5 Å².